The Balaban J connectivity index is 1.81. The highest BCUT2D eigenvalue weighted by Crippen LogP contribution is 2.37. The molecule has 0 unspecified atom stereocenters. The molecule has 0 bridgehead atoms. The zero-order valence-corrected chi connectivity index (χ0v) is 12.4. The lowest BCUT2D eigenvalue weighted by Crippen LogP contribution is -2.07. The maximum absolute atomic E-state index is 13.2. The van der Waals surface area contributed by atoms with Crippen molar-refractivity contribution in [2.45, 2.75) is 12.7 Å². The number of alkyl halides is 3. The number of aromatic amines is 1. The first-order chi connectivity index (χ1) is 11.5. The molecule has 6 heteroatoms. The highest BCUT2D eigenvalue weighted by atomic mass is 19.4. The van der Waals surface area contributed by atoms with E-state index in [-0.39, 0.29) is 0 Å². The van der Waals surface area contributed by atoms with Gasteiger partial charge in [-0.15, -0.1) is 0 Å². The zero-order valence-electron chi connectivity index (χ0n) is 12.4. The molecule has 2 heterocycles. The van der Waals surface area contributed by atoms with Crippen LogP contribution in [-0.2, 0) is 12.7 Å². The van der Waals surface area contributed by atoms with Gasteiger partial charge in [-0.3, -0.25) is 10.1 Å². The zero-order chi connectivity index (χ0) is 16.7. The normalized spacial score (nSPS) is 13.3. The van der Waals surface area contributed by atoms with Gasteiger partial charge in [0.1, 0.15) is 0 Å². The minimum absolute atomic E-state index is 0.290. The van der Waals surface area contributed by atoms with E-state index in [1.54, 1.807) is 12.4 Å². The maximum Gasteiger partial charge on any atom is 0.416 e. The highest BCUT2D eigenvalue weighted by molar-refractivity contribution is 5.94. The number of benzene rings is 2. The summed E-state index contributed by atoms with van der Waals surface area (Å²) in [5, 5.41) is 6.76. The minimum atomic E-state index is -4.37. The number of H-pyrrole nitrogens is 1. The predicted molar refractivity (Wildman–Crippen MR) is 85.8 cm³/mol. The van der Waals surface area contributed by atoms with E-state index in [4.69, 9.17) is 0 Å². The molecule has 1 aliphatic heterocycles. The molecule has 0 aliphatic carbocycles. The molecule has 0 atom stereocenters. The van der Waals surface area contributed by atoms with E-state index in [9.17, 15) is 13.2 Å². The van der Waals surface area contributed by atoms with Gasteiger partial charge in [0.25, 0.3) is 0 Å². The van der Waals surface area contributed by atoms with Gasteiger partial charge in [-0.2, -0.15) is 18.3 Å². The van der Waals surface area contributed by atoms with Crippen molar-refractivity contribution in [1.82, 2.24) is 10.2 Å². The molecule has 1 aromatic heterocycles. The van der Waals surface area contributed by atoms with Gasteiger partial charge in [0.2, 0.25) is 0 Å². The van der Waals surface area contributed by atoms with Crippen molar-refractivity contribution in [2.24, 2.45) is 4.99 Å². The highest BCUT2D eigenvalue weighted by Gasteiger charge is 2.32. The van der Waals surface area contributed by atoms with Gasteiger partial charge in [-0.25, -0.2) is 0 Å². The van der Waals surface area contributed by atoms with Crippen LogP contribution in [0.4, 0.5) is 13.2 Å². The van der Waals surface area contributed by atoms with Crippen molar-refractivity contribution in [3.05, 3.63) is 65.4 Å². The van der Waals surface area contributed by atoms with E-state index in [0.717, 1.165) is 22.4 Å². The van der Waals surface area contributed by atoms with Crippen LogP contribution in [0.25, 0.3) is 22.4 Å². The molecule has 0 spiro atoms. The van der Waals surface area contributed by atoms with Gasteiger partial charge in [0.15, 0.2) is 0 Å². The molecular weight excluding hydrogens is 315 g/mol. The summed E-state index contributed by atoms with van der Waals surface area (Å²) in [5.74, 6) is 0. The van der Waals surface area contributed by atoms with Gasteiger partial charge < -0.3 is 0 Å². The number of aliphatic imine (C=N–C) groups is 1. The van der Waals surface area contributed by atoms with Crippen LogP contribution in [0.2, 0.25) is 0 Å². The first-order valence-corrected chi connectivity index (χ1v) is 7.36. The van der Waals surface area contributed by atoms with E-state index in [0.29, 0.717) is 17.7 Å². The van der Waals surface area contributed by atoms with Crippen LogP contribution in [0.5, 0.6) is 0 Å². The Bertz CT molecular complexity index is 908. The third-order valence-electron chi connectivity index (χ3n) is 4.08. The standard InChI is InChI=1S/C18H12F3N3/c19-18(20,21)14-7-13-9-22-10-16(13)15(8-14)11-1-3-12(4-2-11)17-5-6-23-24-17/h1-8,10H,9H2,(H,23,24). The second kappa shape index (κ2) is 5.33. The largest absolute Gasteiger partial charge is 0.416 e. The van der Waals surface area contributed by atoms with Crippen molar-refractivity contribution < 1.29 is 13.2 Å². The fourth-order valence-electron chi connectivity index (χ4n) is 2.88. The van der Waals surface area contributed by atoms with Crippen molar-refractivity contribution in [1.29, 1.82) is 0 Å². The van der Waals surface area contributed by atoms with Crippen LogP contribution >= 0.6 is 0 Å². The van der Waals surface area contributed by atoms with Crippen LogP contribution < -0.4 is 0 Å². The lowest BCUT2D eigenvalue weighted by molar-refractivity contribution is -0.137. The second-order valence-electron chi connectivity index (χ2n) is 5.61. The molecule has 0 fully saturated rings. The molecule has 0 saturated heterocycles. The van der Waals surface area contributed by atoms with Crippen molar-refractivity contribution in [3.8, 4) is 22.4 Å². The van der Waals surface area contributed by atoms with Gasteiger partial charge in [-0.1, -0.05) is 24.3 Å². The first kappa shape index (κ1) is 14.7. The summed E-state index contributed by atoms with van der Waals surface area (Å²) in [6, 6.07) is 11.6. The van der Waals surface area contributed by atoms with E-state index in [2.05, 4.69) is 15.2 Å². The third-order valence-corrected chi connectivity index (χ3v) is 4.08. The molecule has 1 N–H and O–H groups in total. The number of aromatic nitrogens is 2. The number of hydrogen-bond acceptors (Lipinski definition) is 2. The Morgan fingerprint density at radius 2 is 1.71 bits per heavy atom. The average molecular weight is 327 g/mol. The third kappa shape index (κ3) is 2.50. The summed E-state index contributed by atoms with van der Waals surface area (Å²) < 4.78 is 39.5. The number of fused-ring (bicyclic) bond motifs is 1. The second-order valence-corrected chi connectivity index (χ2v) is 5.61. The van der Waals surface area contributed by atoms with Crippen molar-refractivity contribution >= 4 is 6.21 Å². The lowest BCUT2D eigenvalue weighted by atomic mass is 9.93. The number of nitrogens with zero attached hydrogens (tertiary/aromatic N) is 2. The summed E-state index contributed by atoms with van der Waals surface area (Å²) in [6.07, 6.45) is -1.07. The monoisotopic (exact) mass is 327 g/mol. The molecule has 24 heavy (non-hydrogen) atoms. The van der Waals surface area contributed by atoms with Crippen LogP contribution in [-0.4, -0.2) is 16.4 Å². The molecular formula is C18H12F3N3. The molecule has 2 aromatic carbocycles. The molecule has 0 radical (unpaired) electrons. The minimum Gasteiger partial charge on any atom is -0.288 e. The van der Waals surface area contributed by atoms with E-state index in [1.165, 1.54) is 12.1 Å². The number of hydrogen-bond donors (Lipinski definition) is 1. The van der Waals surface area contributed by atoms with Crippen LogP contribution in [0, 0.1) is 0 Å². The summed E-state index contributed by atoms with van der Waals surface area (Å²) in [4.78, 5) is 4.11. The topological polar surface area (TPSA) is 41.0 Å². The number of rotatable bonds is 2. The van der Waals surface area contributed by atoms with Gasteiger partial charge in [-0.05, 0) is 40.5 Å². The predicted octanol–water partition coefficient (Wildman–Crippen LogP) is 4.70. The molecule has 1 aliphatic rings. The van der Waals surface area contributed by atoms with Gasteiger partial charge in [0.05, 0.1) is 17.8 Å². The average Bonchev–Trinajstić information content (AvgIpc) is 3.24. The Labute approximate surface area is 135 Å². The Hall–Kier alpha value is -2.89. The van der Waals surface area contributed by atoms with E-state index >= 15 is 0 Å². The maximum atomic E-state index is 13.2. The van der Waals surface area contributed by atoms with Gasteiger partial charge in [0, 0.05) is 18.0 Å². The fourth-order valence-corrected chi connectivity index (χ4v) is 2.88. The summed E-state index contributed by atoms with van der Waals surface area (Å²) in [7, 11) is 0. The molecule has 120 valence electrons. The Morgan fingerprint density at radius 3 is 2.38 bits per heavy atom. The molecule has 0 amide bonds. The SMILES string of the molecule is FC(F)(F)c1cc2c(c(-c3ccc(-c4ccn[nH]4)cc3)c1)C=NC2. The lowest BCUT2D eigenvalue weighted by Gasteiger charge is -2.13. The van der Waals surface area contributed by atoms with Gasteiger partial charge >= 0.3 is 6.18 Å². The first-order valence-electron chi connectivity index (χ1n) is 7.36. The van der Waals surface area contributed by atoms with Crippen LogP contribution in [0.15, 0.2) is 53.7 Å². The van der Waals surface area contributed by atoms with Crippen molar-refractivity contribution in [2.75, 3.05) is 0 Å². The quantitative estimate of drug-likeness (QED) is 0.728. The Morgan fingerprint density at radius 1 is 0.958 bits per heavy atom. The van der Waals surface area contributed by atoms with E-state index in [1.807, 2.05) is 30.3 Å². The number of nitrogens with one attached hydrogen (secondary N) is 1. The summed E-state index contributed by atoms with van der Waals surface area (Å²) in [6.45, 7) is 0.290. The summed E-state index contributed by atoms with van der Waals surface area (Å²) >= 11 is 0. The number of halogens is 3. The van der Waals surface area contributed by atoms with E-state index < -0.39 is 11.7 Å². The molecule has 0 saturated carbocycles. The molecule has 3 aromatic rings. The smallest absolute Gasteiger partial charge is 0.288 e. The molecule has 4 rings (SSSR count). The van der Waals surface area contributed by atoms with Crippen LogP contribution in [0.3, 0.4) is 0 Å². The fraction of sp³-hybridized carbons (Fsp3) is 0.111. The van der Waals surface area contributed by atoms with Crippen molar-refractivity contribution in [3.63, 3.8) is 0 Å². The van der Waals surface area contributed by atoms with Crippen LogP contribution in [0.1, 0.15) is 16.7 Å². The molecule has 3 nitrogen and oxygen atoms in total. The summed E-state index contributed by atoms with van der Waals surface area (Å²) in [5.41, 5.74) is 3.80. The Kier molecular flexibility index (Phi) is 3.26.